The molecule has 1 heterocycles. The Balaban J connectivity index is 1.96. The van der Waals surface area contributed by atoms with Crippen LogP contribution in [0.3, 0.4) is 0 Å². The minimum Gasteiger partial charge on any atom is -0.507 e. The van der Waals surface area contributed by atoms with E-state index < -0.39 is 17.1 Å². The molecule has 0 saturated carbocycles. The van der Waals surface area contributed by atoms with Gasteiger partial charge in [-0.2, -0.15) is 0 Å². The van der Waals surface area contributed by atoms with Gasteiger partial charge in [0, 0.05) is 0 Å². The van der Waals surface area contributed by atoms with Crippen molar-refractivity contribution in [1.82, 2.24) is 13.7 Å². The van der Waals surface area contributed by atoms with E-state index >= 15 is 0 Å². The van der Waals surface area contributed by atoms with Crippen molar-refractivity contribution in [1.29, 1.82) is 0 Å². The summed E-state index contributed by atoms with van der Waals surface area (Å²) >= 11 is 0. The highest BCUT2D eigenvalue weighted by molar-refractivity contribution is 5.46. The van der Waals surface area contributed by atoms with Gasteiger partial charge in [-0.15, -0.1) is 0 Å². The summed E-state index contributed by atoms with van der Waals surface area (Å²) in [5, 5.41) is 33.7. The fraction of sp³-hybridized carbons (Fsp3) is 0.562. The number of benzene rings is 3. The zero-order valence-electron chi connectivity index (χ0n) is 35.7. The largest absolute Gasteiger partial charge is 0.507 e. The normalized spacial score (nSPS) is 11.5. The molecule has 0 radical (unpaired) electrons. The maximum atomic E-state index is 14.6. The second kappa shape index (κ2) is 22.4. The molecule has 0 aliphatic rings. The van der Waals surface area contributed by atoms with Crippen LogP contribution in [-0.4, -0.2) is 29.0 Å². The number of hydrogen-bond acceptors (Lipinski definition) is 6. The molecule has 1 aromatic heterocycles. The molecule has 0 saturated heterocycles. The number of phenolic OH excluding ortho intramolecular Hbond substituents is 3. The van der Waals surface area contributed by atoms with Crippen LogP contribution in [0.2, 0.25) is 0 Å². The molecule has 4 rings (SSSR count). The number of nitrogens with zero attached hydrogens (tertiary/aromatic N) is 3. The number of hydrogen-bond donors (Lipinski definition) is 3. The third-order valence-electron chi connectivity index (χ3n) is 11.2. The van der Waals surface area contributed by atoms with Gasteiger partial charge >= 0.3 is 17.1 Å². The van der Waals surface area contributed by atoms with Gasteiger partial charge in [0.15, 0.2) is 0 Å². The fourth-order valence-corrected chi connectivity index (χ4v) is 7.75. The Bertz CT molecular complexity index is 1750. The molecular formula is C48H69N3O6. The molecule has 0 amide bonds. The summed E-state index contributed by atoms with van der Waals surface area (Å²) in [6, 6.07) is 11.4. The standard InChI is InChI=1S/C48H69N3O6/c1-7-13-19-37-25-34(26-38(43(37)52)20-14-8-2)31-49-46(55)50(32-35-27-39(21-15-9-3)44(53)40(28-35)22-16-10-4)48(57)51(47(49)56)33-36-29-41(23-17-11-5)45(54)42(30-36)24-18-12-6/h25-30,52-54H,7-24,31-33H2,1-6H3. The van der Waals surface area contributed by atoms with Crippen molar-refractivity contribution in [3.05, 3.63) is 118 Å². The van der Waals surface area contributed by atoms with Gasteiger partial charge < -0.3 is 15.3 Å². The first-order valence-corrected chi connectivity index (χ1v) is 22.0. The van der Waals surface area contributed by atoms with E-state index in [1.54, 1.807) is 0 Å². The number of aryl methyl sites for hydroxylation is 6. The smallest absolute Gasteiger partial charge is 0.336 e. The summed E-state index contributed by atoms with van der Waals surface area (Å²) in [4.78, 5) is 43.7. The van der Waals surface area contributed by atoms with Crippen LogP contribution in [-0.2, 0) is 58.2 Å². The summed E-state index contributed by atoms with van der Waals surface area (Å²) in [7, 11) is 0. The van der Waals surface area contributed by atoms with Gasteiger partial charge in [-0.1, -0.05) is 116 Å². The van der Waals surface area contributed by atoms with Gasteiger partial charge in [0.2, 0.25) is 0 Å². The Morgan fingerprint density at radius 1 is 0.351 bits per heavy atom. The van der Waals surface area contributed by atoms with Crippen molar-refractivity contribution < 1.29 is 15.3 Å². The van der Waals surface area contributed by atoms with E-state index in [-0.39, 0.29) is 36.9 Å². The predicted octanol–water partition coefficient (Wildman–Crippen LogP) is 9.49. The second-order valence-electron chi connectivity index (χ2n) is 16.0. The molecule has 0 unspecified atom stereocenters. The van der Waals surface area contributed by atoms with Gasteiger partial charge in [-0.25, -0.2) is 28.1 Å². The van der Waals surface area contributed by atoms with E-state index in [0.29, 0.717) is 38.5 Å². The van der Waals surface area contributed by atoms with Crippen molar-refractivity contribution in [3.63, 3.8) is 0 Å². The average Bonchev–Trinajstić information content (AvgIpc) is 3.20. The number of aromatic hydroxyl groups is 3. The second-order valence-corrected chi connectivity index (χ2v) is 16.0. The lowest BCUT2D eigenvalue weighted by Gasteiger charge is -2.18. The van der Waals surface area contributed by atoms with E-state index in [2.05, 4.69) is 41.5 Å². The number of rotatable bonds is 24. The maximum absolute atomic E-state index is 14.6. The highest BCUT2D eigenvalue weighted by atomic mass is 16.3. The van der Waals surface area contributed by atoms with Crippen LogP contribution >= 0.6 is 0 Å². The van der Waals surface area contributed by atoms with E-state index in [9.17, 15) is 29.7 Å². The summed E-state index contributed by atoms with van der Waals surface area (Å²) in [6.45, 7) is 12.4. The Kier molecular flexibility index (Phi) is 17.8. The Morgan fingerprint density at radius 2 is 0.526 bits per heavy atom. The first kappa shape index (κ1) is 45.2. The summed E-state index contributed by atoms with van der Waals surface area (Å²) in [5.41, 5.74) is 4.88. The van der Waals surface area contributed by atoms with Crippen molar-refractivity contribution in [2.24, 2.45) is 0 Å². The van der Waals surface area contributed by atoms with Gasteiger partial charge in [0.05, 0.1) is 19.6 Å². The molecule has 57 heavy (non-hydrogen) atoms. The Labute approximate surface area is 340 Å². The lowest BCUT2D eigenvalue weighted by molar-refractivity contribution is 0.456. The molecule has 0 aliphatic carbocycles. The molecule has 0 fully saturated rings. The SMILES string of the molecule is CCCCc1cc(Cn2c(=O)n(Cc3cc(CCCC)c(O)c(CCCC)c3)c(=O)n(Cc3cc(CCCC)c(O)c(CCCC)c3)c2=O)cc(CCCC)c1O. The monoisotopic (exact) mass is 784 g/mol. The van der Waals surface area contributed by atoms with Gasteiger partial charge in [-0.05, 0) is 127 Å². The molecule has 9 heteroatoms. The van der Waals surface area contributed by atoms with Crippen LogP contribution in [0, 0.1) is 0 Å². The van der Waals surface area contributed by atoms with E-state index in [0.717, 1.165) is 141 Å². The fourth-order valence-electron chi connectivity index (χ4n) is 7.75. The average molecular weight is 784 g/mol. The number of aromatic nitrogens is 3. The molecule has 0 aliphatic heterocycles. The molecule has 3 N–H and O–H groups in total. The molecule has 0 spiro atoms. The quantitative estimate of drug-likeness (QED) is 0.0650. The Morgan fingerprint density at radius 3 is 0.684 bits per heavy atom. The zero-order chi connectivity index (χ0) is 41.5. The zero-order valence-corrected chi connectivity index (χ0v) is 35.7. The third-order valence-corrected chi connectivity index (χ3v) is 11.2. The molecule has 0 bridgehead atoms. The molecule has 9 nitrogen and oxygen atoms in total. The maximum Gasteiger partial charge on any atom is 0.336 e. The van der Waals surface area contributed by atoms with Crippen LogP contribution in [0.5, 0.6) is 17.2 Å². The third kappa shape index (κ3) is 11.8. The number of unbranched alkanes of at least 4 members (excludes halogenated alkanes) is 6. The number of phenols is 3. The van der Waals surface area contributed by atoms with Crippen molar-refractivity contribution >= 4 is 0 Å². The summed E-state index contributed by atoms with van der Waals surface area (Å²) in [5.74, 6) is 0.849. The van der Waals surface area contributed by atoms with E-state index in [1.165, 1.54) is 0 Å². The molecule has 3 aromatic carbocycles. The molecule has 4 aromatic rings. The van der Waals surface area contributed by atoms with Crippen LogP contribution in [0.25, 0.3) is 0 Å². The van der Waals surface area contributed by atoms with Crippen molar-refractivity contribution in [3.8, 4) is 17.2 Å². The van der Waals surface area contributed by atoms with Crippen LogP contribution in [0.1, 0.15) is 169 Å². The van der Waals surface area contributed by atoms with Gasteiger partial charge in [0.1, 0.15) is 17.2 Å². The summed E-state index contributed by atoms with van der Waals surface area (Å²) in [6.07, 6.45) is 15.2. The van der Waals surface area contributed by atoms with Gasteiger partial charge in [0.25, 0.3) is 0 Å². The highest BCUT2D eigenvalue weighted by Gasteiger charge is 2.21. The minimum absolute atomic E-state index is 0.0609. The van der Waals surface area contributed by atoms with Crippen LogP contribution in [0.4, 0.5) is 0 Å². The van der Waals surface area contributed by atoms with Gasteiger partial charge in [-0.3, -0.25) is 0 Å². The molecule has 312 valence electrons. The Hall–Kier alpha value is -4.53. The first-order chi connectivity index (χ1) is 27.5. The van der Waals surface area contributed by atoms with Crippen molar-refractivity contribution in [2.75, 3.05) is 0 Å². The lowest BCUT2D eigenvalue weighted by Crippen LogP contribution is -2.54. The minimum atomic E-state index is -0.698. The van der Waals surface area contributed by atoms with E-state index in [1.807, 2.05) is 36.4 Å². The molecule has 0 atom stereocenters. The summed E-state index contributed by atoms with van der Waals surface area (Å²) < 4.78 is 3.48. The first-order valence-electron chi connectivity index (χ1n) is 22.0. The highest BCUT2D eigenvalue weighted by Crippen LogP contribution is 2.31. The topological polar surface area (TPSA) is 127 Å². The molecular weight excluding hydrogens is 715 g/mol. The van der Waals surface area contributed by atoms with Crippen LogP contribution in [0.15, 0.2) is 50.8 Å². The lowest BCUT2D eigenvalue weighted by atomic mass is 9.96. The van der Waals surface area contributed by atoms with Crippen LogP contribution < -0.4 is 17.1 Å². The predicted molar refractivity (Wildman–Crippen MR) is 233 cm³/mol. The van der Waals surface area contributed by atoms with Crippen molar-refractivity contribution in [2.45, 2.75) is 177 Å². The van der Waals surface area contributed by atoms with E-state index in [4.69, 9.17) is 0 Å².